The van der Waals surface area contributed by atoms with Gasteiger partial charge in [-0.15, -0.1) is 0 Å². The predicted molar refractivity (Wildman–Crippen MR) is 289 cm³/mol. The molecule has 9 fully saturated rings. The summed E-state index contributed by atoms with van der Waals surface area (Å²) in [5.74, 6) is -0.632. The summed E-state index contributed by atoms with van der Waals surface area (Å²) in [7, 11) is -2.35. The van der Waals surface area contributed by atoms with Gasteiger partial charge in [-0.3, -0.25) is 14.5 Å². The van der Waals surface area contributed by atoms with Gasteiger partial charge >= 0.3 is 0 Å². The van der Waals surface area contributed by atoms with Crippen LogP contribution < -0.4 is 0 Å². The zero-order valence-electron chi connectivity index (χ0n) is 46.5. The Morgan fingerprint density at radius 2 is 1.50 bits per heavy atom. The van der Waals surface area contributed by atoms with E-state index in [-0.39, 0.29) is 121 Å². The number of imide groups is 1. The fourth-order valence-corrected chi connectivity index (χ4v) is 15.9. The van der Waals surface area contributed by atoms with Crippen LogP contribution in [0, 0.1) is 17.8 Å². The molecule has 0 N–H and O–H groups in total. The van der Waals surface area contributed by atoms with Crippen molar-refractivity contribution in [2.45, 2.75) is 246 Å². The Labute approximate surface area is 452 Å². The van der Waals surface area contributed by atoms with Crippen molar-refractivity contribution in [2.24, 2.45) is 17.8 Å². The zero-order chi connectivity index (χ0) is 53.5. The molecule has 10 aliphatic rings. The lowest BCUT2D eigenvalue weighted by molar-refractivity contribution is -0.294. The van der Waals surface area contributed by atoms with Gasteiger partial charge in [0, 0.05) is 32.1 Å². The molecule has 6 bridgehead atoms. The lowest BCUT2D eigenvalue weighted by Gasteiger charge is -2.47. The van der Waals surface area contributed by atoms with Crippen LogP contribution in [0.25, 0.3) is 0 Å². The van der Waals surface area contributed by atoms with Gasteiger partial charge in [0.25, 0.3) is 11.8 Å². The quantitative estimate of drug-likeness (QED) is 0.0573. The SMILES string of the molecule is C=C1C[C@H](CC[C@@]23C[C@]4(C)O[C@H]5[C@@H](O2)[C@H]2O[C@@H](CC=O)CC[C@@H]2O[C@H]5[C@H]4O3)OC1CC[C@H]1C[C@@H](C)C(=C)C(C[C@@H]2OC(C[C@@H](CN3C(=O)c4ccccc4C3=O)O[Si](C)(C)C(C)(C)C)[C@H](C)C2CCc2ccccc2)O1. The standard InChI is InChI=1S/C62H85NO12Si/c1-36-30-42(22-24-48-37(2)31-43(67-48)26-28-62-35-61(8)57(74-62)56-55(72-61)54(73-62)53-49(71-56)25-21-41(69-53)27-29-64)68-51(38(36)3)33-52-45(23-20-40-16-12-11-13-17-40)39(4)50(70-52)32-44(75-76(9,10)60(5,6)7)34-63-58(65)46-18-14-15-19-47(46)59(63)66/h11-19,29,36,39,41-45,48-57H,2-3,20-28,30-35H2,1,4-10H3/t36-,39-,41-,42+,43+,44+,45?,48?,49+,50?,51?,52+,53+,54+,55+,56-,57-,61+,62-/m1/s1. The predicted octanol–water partition coefficient (Wildman–Crippen LogP) is 10.7. The van der Waals surface area contributed by atoms with Crippen molar-refractivity contribution >= 4 is 26.4 Å². The van der Waals surface area contributed by atoms with Gasteiger partial charge in [0.2, 0.25) is 0 Å². The summed E-state index contributed by atoms with van der Waals surface area (Å²) >= 11 is 0. The molecule has 0 aliphatic carbocycles. The largest absolute Gasteiger partial charge is 0.412 e. The van der Waals surface area contributed by atoms with E-state index in [0.29, 0.717) is 43.2 Å². The Morgan fingerprint density at radius 1 is 0.789 bits per heavy atom. The van der Waals surface area contributed by atoms with Crippen LogP contribution in [0.5, 0.6) is 0 Å². The monoisotopic (exact) mass is 1060 g/mol. The minimum Gasteiger partial charge on any atom is -0.412 e. The molecule has 10 heterocycles. The van der Waals surface area contributed by atoms with E-state index in [1.54, 1.807) is 12.1 Å². The van der Waals surface area contributed by atoms with Crippen molar-refractivity contribution in [3.63, 3.8) is 0 Å². The third-order valence-corrected chi connectivity index (χ3v) is 24.4. The second-order valence-corrected chi connectivity index (χ2v) is 30.9. The molecule has 76 heavy (non-hydrogen) atoms. The van der Waals surface area contributed by atoms with Gasteiger partial charge in [0.05, 0.1) is 72.6 Å². The minimum absolute atomic E-state index is 0.00289. The van der Waals surface area contributed by atoms with Crippen LogP contribution in [0.4, 0.5) is 0 Å². The molecule has 4 unspecified atom stereocenters. The van der Waals surface area contributed by atoms with Crippen molar-refractivity contribution in [3.8, 4) is 0 Å². The van der Waals surface area contributed by atoms with Crippen molar-refractivity contribution in [2.75, 3.05) is 6.54 Å². The van der Waals surface area contributed by atoms with E-state index < -0.39 is 25.8 Å². The van der Waals surface area contributed by atoms with Crippen LogP contribution >= 0.6 is 0 Å². The Balaban J connectivity index is 0.734. The van der Waals surface area contributed by atoms with E-state index in [2.05, 4.69) is 98.1 Å². The normalized spacial score (nSPS) is 40.2. The minimum atomic E-state index is -2.35. The van der Waals surface area contributed by atoms with E-state index in [1.165, 1.54) is 10.5 Å². The van der Waals surface area contributed by atoms with Crippen LogP contribution in [0.1, 0.15) is 151 Å². The number of ether oxygens (including phenoxy) is 8. The summed E-state index contributed by atoms with van der Waals surface area (Å²) in [6.07, 6.45) is 9.15. The number of fused-ring (bicyclic) bond motifs is 2. The molecular weight excluding hydrogens is 979 g/mol. The molecule has 0 spiro atoms. The number of nitrogens with zero attached hydrogens (tertiary/aromatic N) is 1. The van der Waals surface area contributed by atoms with Gasteiger partial charge in [0.1, 0.15) is 42.4 Å². The lowest BCUT2D eigenvalue weighted by atomic mass is 9.79. The maximum absolute atomic E-state index is 13.8. The number of hydrogen-bond acceptors (Lipinski definition) is 12. The molecule has 10 aliphatic heterocycles. The third kappa shape index (κ3) is 10.5. The number of hydrogen-bond donors (Lipinski definition) is 0. The molecule has 12 rings (SSSR count). The van der Waals surface area contributed by atoms with Gasteiger partial charge in [-0.2, -0.15) is 0 Å². The maximum atomic E-state index is 13.8. The summed E-state index contributed by atoms with van der Waals surface area (Å²) in [5.41, 5.74) is 3.95. The summed E-state index contributed by atoms with van der Waals surface area (Å²) in [6, 6.07) is 17.8. The molecule has 2 aromatic carbocycles. The highest BCUT2D eigenvalue weighted by molar-refractivity contribution is 6.74. The Bertz CT molecular complexity index is 2460. The molecular formula is C62H85NO12Si. The zero-order valence-corrected chi connectivity index (χ0v) is 47.5. The summed E-state index contributed by atoms with van der Waals surface area (Å²) < 4.78 is 62.3. The van der Waals surface area contributed by atoms with Crippen molar-refractivity contribution in [3.05, 3.63) is 95.6 Å². The number of aryl methyl sites for hydroxylation is 1. The molecule has 2 aromatic rings. The highest BCUT2D eigenvalue weighted by Crippen LogP contribution is 2.59. The van der Waals surface area contributed by atoms with Gasteiger partial charge in [0.15, 0.2) is 14.1 Å². The Morgan fingerprint density at radius 3 is 2.22 bits per heavy atom. The first-order valence-corrected chi connectivity index (χ1v) is 31.9. The van der Waals surface area contributed by atoms with Gasteiger partial charge in [-0.25, -0.2) is 0 Å². The first-order chi connectivity index (χ1) is 36.2. The summed E-state index contributed by atoms with van der Waals surface area (Å²) in [4.78, 5) is 40.4. The highest BCUT2D eigenvalue weighted by Gasteiger charge is 2.73. The smallest absolute Gasteiger partial charge is 0.261 e. The Hall–Kier alpha value is -3.41. The number of carbonyl (C=O) groups excluding carboxylic acids is 3. The molecule has 13 nitrogen and oxygen atoms in total. The van der Waals surface area contributed by atoms with Crippen LogP contribution in [0.3, 0.4) is 0 Å². The van der Waals surface area contributed by atoms with Crippen LogP contribution in [-0.4, -0.2) is 135 Å². The number of aldehydes is 1. The number of rotatable bonds is 19. The van der Waals surface area contributed by atoms with Crippen LogP contribution in [0.15, 0.2) is 78.9 Å². The molecule has 0 saturated carbocycles. The highest BCUT2D eigenvalue weighted by atomic mass is 28.4. The second-order valence-electron chi connectivity index (χ2n) is 26.1. The topological polar surface area (TPSA) is 138 Å². The van der Waals surface area contributed by atoms with Gasteiger partial charge < -0.3 is 47.1 Å². The molecule has 0 aromatic heterocycles. The van der Waals surface area contributed by atoms with Gasteiger partial charge in [-0.05, 0) is 129 Å². The molecule has 0 radical (unpaired) electrons. The lowest BCUT2D eigenvalue weighted by Crippen LogP contribution is -2.61. The number of benzene rings is 2. The molecule has 2 amide bonds. The Kier molecular flexibility index (Phi) is 15.2. The van der Waals surface area contributed by atoms with Crippen LogP contribution in [-0.2, 0) is 53.5 Å². The molecule has 414 valence electrons. The molecule has 19 atom stereocenters. The first-order valence-electron chi connectivity index (χ1n) is 29.0. The number of amides is 2. The summed E-state index contributed by atoms with van der Waals surface area (Å²) in [5, 5.41) is -0.0782. The van der Waals surface area contributed by atoms with Crippen molar-refractivity contribution < 1.29 is 56.7 Å². The molecule has 9 saturated heterocycles. The second kappa shape index (κ2) is 21.2. The van der Waals surface area contributed by atoms with E-state index in [9.17, 15) is 14.4 Å². The average Bonchev–Trinajstić information content (AvgIpc) is 4.09. The summed E-state index contributed by atoms with van der Waals surface area (Å²) in [6.45, 7) is 27.3. The van der Waals surface area contributed by atoms with E-state index in [4.69, 9.17) is 42.3 Å². The fraction of sp³-hybridized carbons (Fsp3) is 0.694. The number of carbonyl (C=O) groups is 3. The fourth-order valence-electron chi connectivity index (χ4n) is 14.6. The van der Waals surface area contributed by atoms with Gasteiger partial charge in [-0.1, -0.05) is 90.2 Å². The van der Waals surface area contributed by atoms with Crippen molar-refractivity contribution in [1.82, 2.24) is 4.90 Å². The van der Waals surface area contributed by atoms with E-state index >= 15 is 0 Å². The van der Waals surface area contributed by atoms with E-state index in [1.807, 2.05) is 12.1 Å². The first kappa shape index (κ1) is 54.5. The van der Waals surface area contributed by atoms with E-state index in [0.717, 1.165) is 75.2 Å². The average molecular weight is 1060 g/mol. The van der Waals surface area contributed by atoms with Crippen LogP contribution in [0.2, 0.25) is 18.1 Å². The van der Waals surface area contributed by atoms with Crippen molar-refractivity contribution in [1.29, 1.82) is 0 Å². The maximum Gasteiger partial charge on any atom is 0.261 e. The third-order valence-electron chi connectivity index (χ3n) is 19.9. The molecule has 14 heteroatoms.